The van der Waals surface area contributed by atoms with E-state index in [1.165, 1.54) is 19.3 Å². The van der Waals surface area contributed by atoms with Gasteiger partial charge in [0.25, 0.3) is 5.91 Å². The number of hydrogen-bond donors (Lipinski definition) is 3. The molecular formula is C34H55N3O4S2. The minimum atomic E-state index is -0.487. The molecule has 242 valence electrons. The van der Waals surface area contributed by atoms with Crippen molar-refractivity contribution in [2.24, 2.45) is 5.73 Å². The van der Waals surface area contributed by atoms with E-state index in [-0.39, 0.29) is 22.8 Å². The Labute approximate surface area is 268 Å². The third-order valence-electron chi connectivity index (χ3n) is 7.57. The van der Waals surface area contributed by atoms with Crippen molar-refractivity contribution in [1.29, 1.82) is 0 Å². The van der Waals surface area contributed by atoms with Gasteiger partial charge in [-0.2, -0.15) is 0 Å². The Bertz CT molecular complexity index is 998. The van der Waals surface area contributed by atoms with Crippen LogP contribution < -0.4 is 16.4 Å². The topological polar surface area (TPSA) is 118 Å². The van der Waals surface area contributed by atoms with E-state index in [0.717, 1.165) is 73.7 Å². The number of carbonyl (C=O) groups is 4. The normalized spacial score (nSPS) is 13.1. The smallest absolute Gasteiger partial charge is 0.251 e. The minimum absolute atomic E-state index is 0.0445. The molecule has 0 aliphatic rings. The summed E-state index contributed by atoms with van der Waals surface area (Å²) < 4.78 is 0. The minimum Gasteiger partial charge on any atom is -0.356 e. The molecule has 9 heteroatoms. The number of rotatable bonds is 25. The van der Waals surface area contributed by atoms with Gasteiger partial charge in [0.2, 0.25) is 5.91 Å². The second-order valence-electron chi connectivity index (χ2n) is 11.2. The number of benzene rings is 1. The number of carbonyl (C=O) groups excluding carboxylic acids is 4. The summed E-state index contributed by atoms with van der Waals surface area (Å²) in [6.45, 7) is 9.46. The fraction of sp³-hybridized carbons (Fsp3) is 0.647. The zero-order valence-electron chi connectivity index (χ0n) is 26.9. The highest BCUT2D eigenvalue weighted by atomic mass is 33.1. The summed E-state index contributed by atoms with van der Waals surface area (Å²) in [6, 6.07) is 7.18. The van der Waals surface area contributed by atoms with Crippen molar-refractivity contribution in [3.8, 4) is 0 Å². The fourth-order valence-corrected chi connectivity index (χ4v) is 6.83. The van der Waals surface area contributed by atoms with E-state index in [1.807, 2.05) is 38.1 Å². The Morgan fingerprint density at radius 2 is 1.56 bits per heavy atom. The fourth-order valence-electron chi connectivity index (χ4n) is 4.51. The Morgan fingerprint density at radius 3 is 2.26 bits per heavy atom. The molecular weight excluding hydrogens is 579 g/mol. The molecule has 0 spiro atoms. The van der Waals surface area contributed by atoms with Crippen LogP contribution in [-0.2, 0) is 14.4 Å². The first-order valence-electron chi connectivity index (χ1n) is 16.0. The lowest BCUT2D eigenvalue weighted by molar-refractivity contribution is -0.120. The maximum absolute atomic E-state index is 12.7. The van der Waals surface area contributed by atoms with Crippen molar-refractivity contribution in [2.45, 2.75) is 122 Å². The molecule has 4 N–H and O–H groups in total. The van der Waals surface area contributed by atoms with E-state index in [2.05, 4.69) is 24.5 Å². The maximum Gasteiger partial charge on any atom is 0.251 e. The molecule has 0 aliphatic heterocycles. The molecule has 0 aliphatic carbocycles. The van der Waals surface area contributed by atoms with E-state index in [0.29, 0.717) is 37.9 Å². The number of allylic oxidation sites excluding steroid dienone is 1. The number of amides is 2. The van der Waals surface area contributed by atoms with Gasteiger partial charge in [0.05, 0.1) is 6.04 Å². The number of ketones is 1. The molecule has 0 saturated carbocycles. The molecule has 1 rings (SSSR count). The van der Waals surface area contributed by atoms with Gasteiger partial charge >= 0.3 is 0 Å². The van der Waals surface area contributed by atoms with Crippen LogP contribution in [0.15, 0.2) is 35.4 Å². The molecule has 2 unspecified atom stereocenters. The van der Waals surface area contributed by atoms with E-state index in [9.17, 15) is 19.2 Å². The first-order chi connectivity index (χ1) is 20.7. The first-order valence-corrected chi connectivity index (χ1v) is 18.4. The molecule has 0 fully saturated rings. The molecule has 0 saturated heterocycles. The van der Waals surface area contributed by atoms with Crippen LogP contribution in [0.4, 0.5) is 0 Å². The number of nitrogens with one attached hydrogen (secondary N) is 2. The summed E-state index contributed by atoms with van der Waals surface area (Å²) in [5, 5.41) is 6.14. The highest BCUT2D eigenvalue weighted by Crippen LogP contribution is 2.37. The van der Waals surface area contributed by atoms with Crippen LogP contribution in [0.3, 0.4) is 0 Å². The van der Waals surface area contributed by atoms with Crippen molar-refractivity contribution in [3.63, 3.8) is 0 Å². The summed E-state index contributed by atoms with van der Waals surface area (Å²) in [6.07, 6.45) is 12.6. The van der Waals surface area contributed by atoms with Gasteiger partial charge < -0.3 is 21.2 Å². The predicted molar refractivity (Wildman–Crippen MR) is 183 cm³/mol. The Hall–Kier alpha value is -2.10. The van der Waals surface area contributed by atoms with Gasteiger partial charge in [-0.1, -0.05) is 71.9 Å². The molecule has 43 heavy (non-hydrogen) atoms. The van der Waals surface area contributed by atoms with Gasteiger partial charge in [0.1, 0.15) is 6.29 Å². The SMILES string of the molecule is CCCCCCC(C)=C(C)C(=O)C(N)CCCCNC(=O)c1ccc(C(C)SSCCC(=O)NCCCCCC=O)cc1. The van der Waals surface area contributed by atoms with Crippen LogP contribution in [0.5, 0.6) is 0 Å². The van der Waals surface area contributed by atoms with Crippen LogP contribution >= 0.6 is 21.6 Å². The third kappa shape index (κ3) is 17.7. The zero-order valence-corrected chi connectivity index (χ0v) is 28.5. The predicted octanol–water partition coefficient (Wildman–Crippen LogP) is 7.50. The van der Waals surface area contributed by atoms with Crippen molar-refractivity contribution in [2.75, 3.05) is 18.8 Å². The second-order valence-corrected chi connectivity index (χ2v) is 14.1. The van der Waals surface area contributed by atoms with Crippen LogP contribution in [0, 0.1) is 0 Å². The van der Waals surface area contributed by atoms with Crippen molar-refractivity contribution >= 4 is 45.5 Å². The van der Waals surface area contributed by atoms with Crippen LogP contribution in [-0.4, -0.2) is 48.8 Å². The summed E-state index contributed by atoms with van der Waals surface area (Å²) in [5.41, 5.74) is 9.91. The van der Waals surface area contributed by atoms with Gasteiger partial charge in [-0.3, -0.25) is 14.4 Å². The van der Waals surface area contributed by atoms with E-state index >= 15 is 0 Å². The van der Waals surface area contributed by atoms with Gasteiger partial charge in [0.15, 0.2) is 5.78 Å². The van der Waals surface area contributed by atoms with E-state index in [1.54, 1.807) is 21.6 Å². The average molecular weight is 634 g/mol. The maximum atomic E-state index is 12.7. The van der Waals surface area contributed by atoms with Crippen molar-refractivity contribution in [3.05, 3.63) is 46.5 Å². The summed E-state index contributed by atoms with van der Waals surface area (Å²) in [5.74, 6) is 0.742. The summed E-state index contributed by atoms with van der Waals surface area (Å²) in [7, 11) is 3.40. The van der Waals surface area contributed by atoms with Gasteiger partial charge in [-0.15, -0.1) is 0 Å². The van der Waals surface area contributed by atoms with E-state index < -0.39 is 6.04 Å². The molecule has 2 atom stereocenters. The third-order valence-corrected chi connectivity index (χ3v) is 10.4. The lowest BCUT2D eigenvalue weighted by Crippen LogP contribution is -2.32. The molecule has 0 bridgehead atoms. The molecule has 0 radical (unpaired) electrons. The number of Topliss-reactive ketones (excluding diaryl/α,β-unsaturated/α-hetero) is 1. The van der Waals surface area contributed by atoms with Crippen LogP contribution in [0.1, 0.15) is 132 Å². The number of aldehydes is 1. The second kappa shape index (κ2) is 24.2. The van der Waals surface area contributed by atoms with Crippen molar-refractivity contribution in [1.82, 2.24) is 10.6 Å². The summed E-state index contributed by atoms with van der Waals surface area (Å²) in [4.78, 5) is 47.5. The lowest BCUT2D eigenvalue weighted by Gasteiger charge is -2.14. The standard InChI is InChI=1S/C34H55N3O4S2/c1-5-6-7-10-15-26(2)27(3)33(40)31(35)16-11-13-23-37-34(41)30-19-17-29(18-20-30)28(4)43-42-25-21-32(39)36-22-12-8-9-14-24-38/h17-20,24,28,31H,5-16,21-23,25,35H2,1-4H3,(H,36,39)(H,37,41). The number of unbranched alkanes of at least 4 members (excludes halogenated alkanes) is 7. The molecule has 0 heterocycles. The van der Waals surface area contributed by atoms with Gasteiger partial charge in [-0.05, 0) is 89.0 Å². The van der Waals surface area contributed by atoms with Gasteiger partial charge in [0, 0.05) is 42.5 Å². The van der Waals surface area contributed by atoms with E-state index in [4.69, 9.17) is 5.73 Å². The highest BCUT2D eigenvalue weighted by molar-refractivity contribution is 8.76. The number of nitrogens with two attached hydrogens (primary N) is 1. The Balaban J connectivity index is 2.26. The average Bonchev–Trinajstić information content (AvgIpc) is 3.01. The molecule has 2 amide bonds. The van der Waals surface area contributed by atoms with Crippen molar-refractivity contribution < 1.29 is 19.2 Å². The first kappa shape index (κ1) is 38.9. The largest absolute Gasteiger partial charge is 0.356 e. The quantitative estimate of drug-likeness (QED) is 0.0442. The number of hydrogen-bond acceptors (Lipinski definition) is 7. The van der Waals surface area contributed by atoms with Crippen LogP contribution in [0.25, 0.3) is 0 Å². The summed E-state index contributed by atoms with van der Waals surface area (Å²) >= 11 is 0. The Kier molecular flexibility index (Phi) is 21.9. The molecule has 7 nitrogen and oxygen atoms in total. The molecule has 1 aromatic rings. The van der Waals surface area contributed by atoms with Gasteiger partial charge in [-0.25, -0.2) is 0 Å². The monoisotopic (exact) mass is 633 g/mol. The highest BCUT2D eigenvalue weighted by Gasteiger charge is 2.17. The Morgan fingerprint density at radius 1 is 0.884 bits per heavy atom. The van der Waals surface area contributed by atoms with Crippen LogP contribution in [0.2, 0.25) is 0 Å². The molecule has 0 aromatic heterocycles. The lowest BCUT2D eigenvalue weighted by atomic mass is 9.95. The zero-order chi connectivity index (χ0) is 31.9. The molecule has 1 aromatic carbocycles.